The monoisotopic (exact) mass is 395 g/mol. The Labute approximate surface area is 175 Å². The van der Waals surface area contributed by atoms with E-state index in [0.29, 0.717) is 11.4 Å². The first kappa shape index (κ1) is 19.3. The van der Waals surface area contributed by atoms with Crippen LogP contribution in [0.15, 0.2) is 85.1 Å². The number of methoxy groups -OCH3 is 1. The van der Waals surface area contributed by atoms with Crippen LogP contribution in [0.4, 0.5) is 5.69 Å². The molecule has 0 aliphatic heterocycles. The van der Waals surface area contributed by atoms with Gasteiger partial charge in [0.25, 0.3) is 0 Å². The second kappa shape index (κ2) is 9.01. The SMILES string of the molecule is COc1ccc(NC(=O)/C=C\c2cnc3ccccc3n2)cc1Cc1ccccc1. The van der Waals surface area contributed by atoms with Gasteiger partial charge in [0.15, 0.2) is 0 Å². The Morgan fingerprint density at radius 2 is 1.77 bits per heavy atom. The van der Waals surface area contributed by atoms with E-state index in [0.717, 1.165) is 28.8 Å². The second-order valence-electron chi connectivity index (χ2n) is 6.80. The van der Waals surface area contributed by atoms with E-state index in [2.05, 4.69) is 27.4 Å². The fourth-order valence-corrected chi connectivity index (χ4v) is 3.21. The molecule has 0 aliphatic carbocycles. The first-order valence-electron chi connectivity index (χ1n) is 9.63. The number of carbonyl (C=O) groups excluding carboxylic acids is 1. The van der Waals surface area contributed by atoms with Crippen molar-refractivity contribution in [2.45, 2.75) is 6.42 Å². The molecule has 1 aromatic heterocycles. The Kier molecular flexibility index (Phi) is 5.80. The minimum absolute atomic E-state index is 0.235. The van der Waals surface area contributed by atoms with E-state index < -0.39 is 0 Å². The third kappa shape index (κ3) is 4.70. The van der Waals surface area contributed by atoms with Crippen molar-refractivity contribution in [3.8, 4) is 5.75 Å². The Balaban J connectivity index is 1.48. The van der Waals surface area contributed by atoms with Gasteiger partial charge in [-0.25, -0.2) is 4.98 Å². The van der Waals surface area contributed by atoms with E-state index in [9.17, 15) is 4.79 Å². The molecule has 5 heteroatoms. The molecule has 0 bridgehead atoms. The van der Waals surface area contributed by atoms with Crippen LogP contribution in [-0.4, -0.2) is 23.0 Å². The summed E-state index contributed by atoms with van der Waals surface area (Å²) in [6, 6.07) is 23.4. The molecule has 0 fully saturated rings. The van der Waals surface area contributed by atoms with Crippen LogP contribution in [0.3, 0.4) is 0 Å². The van der Waals surface area contributed by atoms with Crippen LogP contribution >= 0.6 is 0 Å². The highest BCUT2D eigenvalue weighted by Crippen LogP contribution is 2.25. The standard InChI is InChI=1S/C25H21N3O2/c1-30-24-13-11-20(16-19(24)15-18-7-3-2-4-8-18)28-25(29)14-12-21-17-26-22-9-5-6-10-23(22)27-21/h2-14,16-17H,15H2,1H3,(H,28,29)/b14-12-. The Bertz CT molecular complexity index is 1200. The summed E-state index contributed by atoms with van der Waals surface area (Å²) >= 11 is 0. The van der Waals surface area contributed by atoms with E-state index in [1.165, 1.54) is 11.6 Å². The summed E-state index contributed by atoms with van der Waals surface area (Å²) in [5, 5.41) is 2.90. The number of nitrogens with zero attached hydrogens (tertiary/aromatic N) is 2. The van der Waals surface area contributed by atoms with Crippen LogP contribution in [0.25, 0.3) is 17.1 Å². The van der Waals surface area contributed by atoms with Gasteiger partial charge in [0, 0.05) is 23.7 Å². The number of nitrogens with one attached hydrogen (secondary N) is 1. The molecule has 148 valence electrons. The van der Waals surface area contributed by atoms with Crippen LogP contribution in [0.1, 0.15) is 16.8 Å². The molecule has 4 aromatic rings. The number of aromatic nitrogens is 2. The smallest absolute Gasteiger partial charge is 0.248 e. The zero-order valence-electron chi connectivity index (χ0n) is 16.6. The van der Waals surface area contributed by atoms with Crippen molar-refractivity contribution in [1.82, 2.24) is 9.97 Å². The van der Waals surface area contributed by atoms with Crippen LogP contribution in [0.2, 0.25) is 0 Å². The lowest BCUT2D eigenvalue weighted by Gasteiger charge is -2.11. The molecule has 1 N–H and O–H groups in total. The quantitative estimate of drug-likeness (QED) is 0.473. The third-order valence-corrected chi connectivity index (χ3v) is 4.66. The van der Waals surface area contributed by atoms with Crippen molar-refractivity contribution in [2.24, 2.45) is 0 Å². The highest BCUT2D eigenvalue weighted by Gasteiger charge is 2.07. The van der Waals surface area contributed by atoms with Gasteiger partial charge >= 0.3 is 0 Å². The maximum atomic E-state index is 12.4. The van der Waals surface area contributed by atoms with Crippen molar-refractivity contribution in [3.05, 3.63) is 102 Å². The van der Waals surface area contributed by atoms with Gasteiger partial charge in [0.05, 0.1) is 30.0 Å². The van der Waals surface area contributed by atoms with E-state index in [1.807, 2.05) is 60.7 Å². The first-order valence-corrected chi connectivity index (χ1v) is 9.63. The second-order valence-corrected chi connectivity index (χ2v) is 6.80. The van der Waals surface area contributed by atoms with Gasteiger partial charge < -0.3 is 10.1 Å². The van der Waals surface area contributed by atoms with Gasteiger partial charge in [-0.1, -0.05) is 42.5 Å². The lowest BCUT2D eigenvalue weighted by molar-refractivity contribution is -0.111. The molecule has 0 radical (unpaired) electrons. The first-order chi connectivity index (χ1) is 14.7. The number of benzene rings is 3. The number of carbonyl (C=O) groups is 1. The highest BCUT2D eigenvalue weighted by atomic mass is 16.5. The number of ether oxygens (including phenoxy) is 1. The van der Waals surface area contributed by atoms with Gasteiger partial charge in [0.1, 0.15) is 5.75 Å². The molecule has 0 saturated heterocycles. The molecule has 30 heavy (non-hydrogen) atoms. The Morgan fingerprint density at radius 3 is 2.57 bits per heavy atom. The van der Waals surface area contributed by atoms with Crippen molar-refractivity contribution >= 4 is 28.7 Å². The number of anilines is 1. The number of rotatable bonds is 6. The predicted molar refractivity (Wildman–Crippen MR) is 119 cm³/mol. The van der Waals surface area contributed by atoms with Gasteiger partial charge in [-0.05, 0) is 42.0 Å². The average Bonchev–Trinajstić information content (AvgIpc) is 2.78. The van der Waals surface area contributed by atoms with E-state index >= 15 is 0 Å². The van der Waals surface area contributed by atoms with Crippen molar-refractivity contribution < 1.29 is 9.53 Å². The molecule has 4 rings (SSSR count). The topological polar surface area (TPSA) is 64.1 Å². The lowest BCUT2D eigenvalue weighted by atomic mass is 10.0. The van der Waals surface area contributed by atoms with Gasteiger partial charge in [-0.15, -0.1) is 0 Å². The van der Waals surface area contributed by atoms with Crippen molar-refractivity contribution in [1.29, 1.82) is 0 Å². The maximum absolute atomic E-state index is 12.4. The summed E-state index contributed by atoms with van der Waals surface area (Å²) in [4.78, 5) is 21.2. The van der Waals surface area contributed by atoms with Gasteiger partial charge in [-0.2, -0.15) is 0 Å². The molecular formula is C25H21N3O2. The summed E-state index contributed by atoms with van der Waals surface area (Å²) in [5.41, 5.74) is 5.13. The van der Waals surface area contributed by atoms with Gasteiger partial charge in [-0.3, -0.25) is 9.78 Å². The van der Waals surface area contributed by atoms with E-state index in [-0.39, 0.29) is 5.91 Å². The number of para-hydroxylation sites is 2. The zero-order chi connectivity index (χ0) is 20.8. The van der Waals surface area contributed by atoms with Crippen LogP contribution in [-0.2, 0) is 11.2 Å². The fraction of sp³-hybridized carbons (Fsp3) is 0.0800. The predicted octanol–water partition coefficient (Wildman–Crippen LogP) is 4.88. The molecular weight excluding hydrogens is 374 g/mol. The Morgan fingerprint density at radius 1 is 1.00 bits per heavy atom. The van der Waals surface area contributed by atoms with Crippen LogP contribution in [0, 0.1) is 0 Å². The summed E-state index contributed by atoms with van der Waals surface area (Å²) in [7, 11) is 1.65. The molecule has 0 atom stereocenters. The molecule has 0 unspecified atom stereocenters. The van der Waals surface area contributed by atoms with Crippen LogP contribution < -0.4 is 10.1 Å². The van der Waals surface area contributed by atoms with Crippen molar-refractivity contribution in [3.63, 3.8) is 0 Å². The average molecular weight is 395 g/mol. The molecule has 3 aromatic carbocycles. The minimum atomic E-state index is -0.235. The lowest BCUT2D eigenvalue weighted by Crippen LogP contribution is -2.08. The summed E-state index contributed by atoms with van der Waals surface area (Å²) in [5.74, 6) is 0.555. The van der Waals surface area contributed by atoms with E-state index in [4.69, 9.17) is 4.74 Å². The zero-order valence-corrected chi connectivity index (χ0v) is 16.6. The minimum Gasteiger partial charge on any atom is -0.496 e. The molecule has 0 spiro atoms. The summed E-state index contributed by atoms with van der Waals surface area (Å²) in [6.45, 7) is 0. The molecule has 0 aliphatic rings. The molecule has 1 amide bonds. The number of hydrogen-bond donors (Lipinski definition) is 1. The number of amides is 1. The van der Waals surface area contributed by atoms with Crippen molar-refractivity contribution in [2.75, 3.05) is 12.4 Å². The molecule has 5 nitrogen and oxygen atoms in total. The molecule has 1 heterocycles. The number of hydrogen-bond acceptors (Lipinski definition) is 4. The summed E-state index contributed by atoms with van der Waals surface area (Å²) < 4.78 is 5.48. The Hall–Kier alpha value is -3.99. The third-order valence-electron chi connectivity index (χ3n) is 4.66. The van der Waals surface area contributed by atoms with E-state index in [1.54, 1.807) is 19.4 Å². The normalized spacial score (nSPS) is 11.0. The van der Waals surface area contributed by atoms with Crippen LogP contribution in [0.5, 0.6) is 5.75 Å². The largest absolute Gasteiger partial charge is 0.496 e. The molecule has 0 saturated carbocycles. The summed E-state index contributed by atoms with van der Waals surface area (Å²) in [6.07, 6.45) is 5.48. The maximum Gasteiger partial charge on any atom is 0.248 e. The highest BCUT2D eigenvalue weighted by molar-refractivity contribution is 6.02. The van der Waals surface area contributed by atoms with Gasteiger partial charge in [0.2, 0.25) is 5.91 Å². The number of fused-ring (bicyclic) bond motifs is 1. The fourth-order valence-electron chi connectivity index (χ4n) is 3.21.